The number of amides is 1. The Morgan fingerprint density at radius 1 is 1.26 bits per heavy atom. The fourth-order valence-corrected chi connectivity index (χ4v) is 2.87. The van der Waals surface area contributed by atoms with Gasteiger partial charge in [-0.2, -0.15) is 0 Å². The summed E-state index contributed by atoms with van der Waals surface area (Å²) in [5.74, 6) is -2.17. The summed E-state index contributed by atoms with van der Waals surface area (Å²) in [4.78, 5) is 13.9. The van der Waals surface area contributed by atoms with Crippen molar-refractivity contribution < 1.29 is 13.6 Å². The van der Waals surface area contributed by atoms with Crippen LogP contribution in [0.15, 0.2) is 16.6 Å². The van der Waals surface area contributed by atoms with Gasteiger partial charge in [-0.1, -0.05) is 28.8 Å². The fourth-order valence-electron chi connectivity index (χ4n) is 2.47. The quantitative estimate of drug-likeness (QED) is 0.757. The standard InChI is InChI=1S/C14H16BrF2NO/c1-9-5-3-2-4-6-18(9)14(19)13-11(16)7-10(15)8-12(13)17/h7-9H,2-6H2,1H3. The maximum absolute atomic E-state index is 13.8. The highest BCUT2D eigenvalue weighted by molar-refractivity contribution is 9.10. The number of likely N-dealkylation sites (tertiary alicyclic amines) is 1. The highest BCUT2D eigenvalue weighted by Crippen LogP contribution is 2.24. The lowest BCUT2D eigenvalue weighted by Crippen LogP contribution is -2.39. The minimum atomic E-state index is -0.812. The Balaban J connectivity index is 2.33. The van der Waals surface area contributed by atoms with Crippen molar-refractivity contribution in [1.82, 2.24) is 4.90 Å². The Bertz CT molecular complexity index is 469. The van der Waals surface area contributed by atoms with Crippen LogP contribution in [0.2, 0.25) is 0 Å². The minimum Gasteiger partial charge on any atom is -0.336 e. The van der Waals surface area contributed by atoms with Gasteiger partial charge in [0.15, 0.2) is 0 Å². The lowest BCUT2D eigenvalue weighted by molar-refractivity contribution is 0.0688. The van der Waals surface area contributed by atoms with Gasteiger partial charge in [0.25, 0.3) is 5.91 Å². The lowest BCUT2D eigenvalue weighted by atomic mass is 10.1. The molecule has 0 bridgehead atoms. The normalized spacial score (nSPS) is 20.2. The van der Waals surface area contributed by atoms with Crippen LogP contribution in [-0.4, -0.2) is 23.4 Å². The van der Waals surface area contributed by atoms with Crippen molar-refractivity contribution in [3.63, 3.8) is 0 Å². The Morgan fingerprint density at radius 2 is 1.89 bits per heavy atom. The number of carbonyl (C=O) groups excluding carboxylic acids is 1. The highest BCUT2D eigenvalue weighted by atomic mass is 79.9. The summed E-state index contributed by atoms with van der Waals surface area (Å²) in [6, 6.07) is 2.27. The van der Waals surface area contributed by atoms with Crippen molar-refractivity contribution in [2.24, 2.45) is 0 Å². The smallest absolute Gasteiger partial charge is 0.260 e. The third-order valence-corrected chi connectivity index (χ3v) is 3.99. The van der Waals surface area contributed by atoms with E-state index in [0.717, 1.165) is 37.8 Å². The van der Waals surface area contributed by atoms with Crippen molar-refractivity contribution >= 4 is 21.8 Å². The van der Waals surface area contributed by atoms with E-state index in [4.69, 9.17) is 0 Å². The summed E-state index contributed by atoms with van der Waals surface area (Å²) < 4.78 is 28.0. The largest absolute Gasteiger partial charge is 0.336 e. The molecule has 104 valence electrons. The third kappa shape index (κ3) is 3.14. The van der Waals surface area contributed by atoms with Gasteiger partial charge in [-0.15, -0.1) is 0 Å². The molecular weight excluding hydrogens is 316 g/mol. The molecule has 1 aromatic rings. The minimum absolute atomic E-state index is 0.0254. The van der Waals surface area contributed by atoms with E-state index in [1.807, 2.05) is 6.92 Å². The zero-order valence-corrected chi connectivity index (χ0v) is 12.3. The Labute approximate surface area is 119 Å². The van der Waals surface area contributed by atoms with Crippen LogP contribution in [0, 0.1) is 11.6 Å². The topological polar surface area (TPSA) is 20.3 Å². The van der Waals surface area contributed by atoms with Crippen molar-refractivity contribution in [3.8, 4) is 0 Å². The molecule has 1 amide bonds. The summed E-state index contributed by atoms with van der Waals surface area (Å²) in [6.07, 6.45) is 3.87. The molecule has 1 aliphatic heterocycles. The van der Waals surface area contributed by atoms with Crippen LogP contribution in [0.4, 0.5) is 8.78 Å². The molecule has 0 aromatic heterocycles. The van der Waals surface area contributed by atoms with Crippen LogP contribution in [-0.2, 0) is 0 Å². The third-order valence-electron chi connectivity index (χ3n) is 3.53. The van der Waals surface area contributed by atoms with Crippen molar-refractivity contribution in [2.45, 2.75) is 38.6 Å². The van der Waals surface area contributed by atoms with Gasteiger partial charge in [-0.05, 0) is 31.9 Å². The van der Waals surface area contributed by atoms with Gasteiger partial charge in [0.2, 0.25) is 0 Å². The van der Waals surface area contributed by atoms with E-state index < -0.39 is 23.1 Å². The molecular formula is C14H16BrF2NO. The van der Waals surface area contributed by atoms with Gasteiger partial charge in [-0.3, -0.25) is 4.79 Å². The first kappa shape index (κ1) is 14.4. The average molecular weight is 332 g/mol. The Kier molecular flexibility index (Phi) is 4.55. The maximum atomic E-state index is 13.8. The lowest BCUT2D eigenvalue weighted by Gasteiger charge is -2.27. The van der Waals surface area contributed by atoms with Gasteiger partial charge in [0.05, 0.1) is 0 Å². The first-order valence-corrected chi connectivity index (χ1v) is 7.25. The van der Waals surface area contributed by atoms with Gasteiger partial charge < -0.3 is 4.90 Å². The van der Waals surface area contributed by atoms with E-state index in [0.29, 0.717) is 11.0 Å². The van der Waals surface area contributed by atoms with E-state index in [1.165, 1.54) is 0 Å². The number of carbonyl (C=O) groups is 1. The van der Waals surface area contributed by atoms with Crippen LogP contribution < -0.4 is 0 Å². The molecule has 2 nitrogen and oxygen atoms in total. The molecule has 0 saturated carbocycles. The molecule has 0 aliphatic carbocycles. The van der Waals surface area contributed by atoms with E-state index >= 15 is 0 Å². The molecule has 2 rings (SSSR count). The van der Waals surface area contributed by atoms with E-state index in [-0.39, 0.29) is 6.04 Å². The SMILES string of the molecule is CC1CCCCCN1C(=O)c1c(F)cc(Br)cc1F. The number of hydrogen-bond acceptors (Lipinski definition) is 1. The number of rotatable bonds is 1. The van der Waals surface area contributed by atoms with Crippen LogP contribution in [0.1, 0.15) is 43.0 Å². The number of nitrogens with zero attached hydrogens (tertiary/aromatic N) is 1. The predicted octanol–water partition coefficient (Wildman–Crippen LogP) is 4.13. The van der Waals surface area contributed by atoms with Crippen molar-refractivity contribution in [1.29, 1.82) is 0 Å². The molecule has 0 radical (unpaired) electrons. The highest BCUT2D eigenvalue weighted by Gasteiger charge is 2.27. The molecule has 1 aromatic carbocycles. The van der Waals surface area contributed by atoms with E-state index in [1.54, 1.807) is 4.90 Å². The molecule has 19 heavy (non-hydrogen) atoms. The average Bonchev–Trinajstić information content (AvgIpc) is 2.52. The molecule has 1 unspecified atom stereocenters. The fraction of sp³-hybridized carbons (Fsp3) is 0.500. The monoisotopic (exact) mass is 331 g/mol. The number of halogens is 3. The van der Waals surface area contributed by atoms with E-state index in [2.05, 4.69) is 15.9 Å². The van der Waals surface area contributed by atoms with Crippen LogP contribution >= 0.6 is 15.9 Å². The zero-order chi connectivity index (χ0) is 14.0. The summed E-state index contributed by atoms with van der Waals surface area (Å²) in [6.45, 7) is 2.49. The number of hydrogen-bond donors (Lipinski definition) is 0. The molecule has 0 N–H and O–H groups in total. The molecule has 1 atom stereocenters. The summed E-state index contributed by atoms with van der Waals surface area (Å²) >= 11 is 3.01. The van der Waals surface area contributed by atoms with Gasteiger partial charge >= 0.3 is 0 Å². The van der Waals surface area contributed by atoms with Crippen LogP contribution in [0.3, 0.4) is 0 Å². The number of benzene rings is 1. The summed E-state index contributed by atoms with van der Waals surface area (Å²) in [7, 11) is 0. The van der Waals surface area contributed by atoms with Gasteiger partial charge in [-0.25, -0.2) is 8.78 Å². The maximum Gasteiger partial charge on any atom is 0.260 e. The van der Waals surface area contributed by atoms with E-state index in [9.17, 15) is 13.6 Å². The first-order valence-electron chi connectivity index (χ1n) is 6.46. The van der Waals surface area contributed by atoms with Crippen LogP contribution in [0.25, 0.3) is 0 Å². The second kappa shape index (κ2) is 5.99. The zero-order valence-electron chi connectivity index (χ0n) is 10.8. The molecule has 5 heteroatoms. The molecule has 1 aliphatic rings. The van der Waals surface area contributed by atoms with Gasteiger partial charge in [0.1, 0.15) is 17.2 Å². The van der Waals surface area contributed by atoms with Crippen molar-refractivity contribution in [3.05, 3.63) is 33.8 Å². The molecule has 0 spiro atoms. The molecule has 1 saturated heterocycles. The second-order valence-electron chi connectivity index (χ2n) is 4.94. The van der Waals surface area contributed by atoms with Crippen LogP contribution in [0.5, 0.6) is 0 Å². The first-order chi connectivity index (χ1) is 9.00. The van der Waals surface area contributed by atoms with Crippen molar-refractivity contribution in [2.75, 3.05) is 6.54 Å². The Hall–Kier alpha value is -0.970. The molecule has 1 fully saturated rings. The predicted molar refractivity (Wildman–Crippen MR) is 73.0 cm³/mol. The van der Waals surface area contributed by atoms with Gasteiger partial charge in [0, 0.05) is 17.1 Å². The molecule has 1 heterocycles. The second-order valence-corrected chi connectivity index (χ2v) is 5.86. The summed E-state index contributed by atoms with van der Waals surface area (Å²) in [5.41, 5.74) is -0.447. The summed E-state index contributed by atoms with van der Waals surface area (Å²) in [5, 5.41) is 0. The Morgan fingerprint density at radius 3 is 2.53 bits per heavy atom.